The molecule has 1 aromatic rings. The van der Waals surface area contributed by atoms with E-state index in [1.165, 1.54) is 0 Å². The smallest absolute Gasteiger partial charge is 0.410 e. The number of hydrogen-bond donors (Lipinski definition) is 0. The number of ether oxygens (including phenoxy) is 1. The minimum atomic E-state index is -0.480. The van der Waals surface area contributed by atoms with E-state index in [0.717, 1.165) is 51.4 Å². The van der Waals surface area contributed by atoms with Gasteiger partial charge in [-0.25, -0.2) is 9.78 Å². The van der Waals surface area contributed by atoms with Gasteiger partial charge in [0.05, 0.1) is 0 Å². The lowest BCUT2D eigenvalue weighted by Crippen LogP contribution is -2.60. The van der Waals surface area contributed by atoms with Crippen molar-refractivity contribution in [1.29, 1.82) is 5.26 Å². The first kappa shape index (κ1) is 22.6. The number of carbonyl (C=O) groups is 1. The van der Waals surface area contributed by atoms with Gasteiger partial charge in [0, 0.05) is 56.8 Å². The Morgan fingerprint density at radius 3 is 2.66 bits per heavy atom. The Morgan fingerprint density at radius 2 is 1.97 bits per heavy atom. The van der Waals surface area contributed by atoms with Crippen LogP contribution in [-0.4, -0.2) is 90.4 Å². The number of likely N-dealkylation sites (tertiary alicyclic amines) is 1. The summed E-state index contributed by atoms with van der Waals surface area (Å²) in [7, 11) is 2.14. The lowest BCUT2D eigenvalue weighted by atomic mass is 9.79. The zero-order valence-electron chi connectivity index (χ0n) is 20.0. The van der Waals surface area contributed by atoms with Gasteiger partial charge in [0.1, 0.15) is 23.2 Å². The largest absolute Gasteiger partial charge is 0.444 e. The third kappa shape index (κ3) is 4.75. The van der Waals surface area contributed by atoms with Crippen LogP contribution in [0.1, 0.15) is 46.2 Å². The van der Waals surface area contributed by atoms with E-state index < -0.39 is 5.60 Å². The normalized spacial score (nSPS) is 23.6. The summed E-state index contributed by atoms with van der Waals surface area (Å²) < 4.78 is 5.50. The van der Waals surface area contributed by atoms with Crippen LogP contribution in [0.25, 0.3) is 0 Å². The monoisotopic (exact) mass is 441 g/mol. The van der Waals surface area contributed by atoms with Crippen molar-refractivity contribution in [3.63, 3.8) is 0 Å². The summed E-state index contributed by atoms with van der Waals surface area (Å²) >= 11 is 0. The molecule has 3 aliphatic rings. The molecule has 32 heavy (non-hydrogen) atoms. The van der Waals surface area contributed by atoms with Crippen LogP contribution in [-0.2, 0) is 4.74 Å². The fourth-order valence-corrected chi connectivity index (χ4v) is 5.05. The molecule has 0 bridgehead atoms. The average molecular weight is 442 g/mol. The van der Waals surface area contributed by atoms with Gasteiger partial charge >= 0.3 is 6.09 Å². The van der Waals surface area contributed by atoms with Gasteiger partial charge in [-0.2, -0.15) is 10.2 Å². The number of carbonyl (C=O) groups excluding carboxylic acids is 1. The van der Waals surface area contributed by atoms with Gasteiger partial charge in [-0.05, 0) is 54.1 Å². The Labute approximate surface area is 190 Å². The topological polar surface area (TPSA) is 88.8 Å². The highest BCUT2D eigenvalue weighted by atomic mass is 16.6. The van der Waals surface area contributed by atoms with Crippen LogP contribution in [0.2, 0.25) is 0 Å². The summed E-state index contributed by atoms with van der Waals surface area (Å²) in [4.78, 5) is 30.4. The molecule has 174 valence electrons. The molecule has 3 saturated heterocycles. The van der Waals surface area contributed by atoms with E-state index >= 15 is 0 Å². The van der Waals surface area contributed by atoms with Crippen molar-refractivity contribution in [3.05, 3.63) is 11.8 Å². The van der Waals surface area contributed by atoms with Crippen molar-refractivity contribution >= 4 is 17.9 Å². The molecule has 0 N–H and O–H groups in total. The molecule has 1 aromatic heterocycles. The molecule has 9 nitrogen and oxygen atoms in total. The SMILES string of the molecule is C[C@H]1CN(C)CCCN1c1nc(C#N)cc(N2CCC3(CN(C(=O)OC(C)(C)C)C3)C2)n1. The number of likely N-dealkylation sites (N-methyl/N-ethyl adjacent to an activating group) is 1. The minimum absolute atomic E-state index is 0.0768. The second-order valence-corrected chi connectivity index (χ2v) is 10.7. The summed E-state index contributed by atoms with van der Waals surface area (Å²) in [5.74, 6) is 1.45. The third-order valence-electron chi connectivity index (χ3n) is 6.59. The lowest BCUT2D eigenvalue weighted by Gasteiger charge is -2.47. The Bertz CT molecular complexity index is 901. The molecule has 1 amide bonds. The van der Waals surface area contributed by atoms with E-state index in [1.54, 1.807) is 11.0 Å². The van der Waals surface area contributed by atoms with Gasteiger partial charge in [0.15, 0.2) is 0 Å². The predicted octanol–water partition coefficient (Wildman–Crippen LogP) is 2.33. The van der Waals surface area contributed by atoms with E-state index in [2.05, 4.69) is 39.7 Å². The number of hydrogen-bond acceptors (Lipinski definition) is 8. The second-order valence-electron chi connectivity index (χ2n) is 10.7. The van der Waals surface area contributed by atoms with Crippen LogP contribution in [0.4, 0.5) is 16.6 Å². The van der Waals surface area contributed by atoms with Crippen LogP contribution in [0.3, 0.4) is 0 Å². The van der Waals surface area contributed by atoms with Gasteiger partial charge in [-0.1, -0.05) is 0 Å². The molecule has 0 aliphatic carbocycles. The van der Waals surface area contributed by atoms with Crippen LogP contribution >= 0.6 is 0 Å². The highest BCUT2D eigenvalue weighted by Crippen LogP contribution is 2.41. The van der Waals surface area contributed by atoms with Crippen LogP contribution < -0.4 is 9.80 Å². The Balaban J connectivity index is 1.46. The van der Waals surface area contributed by atoms with E-state index in [0.29, 0.717) is 24.7 Å². The summed E-state index contributed by atoms with van der Waals surface area (Å²) in [6, 6.07) is 4.29. The molecule has 3 aliphatic heterocycles. The second kappa shape index (κ2) is 8.39. The molecule has 0 aromatic carbocycles. The third-order valence-corrected chi connectivity index (χ3v) is 6.59. The minimum Gasteiger partial charge on any atom is -0.444 e. The van der Waals surface area contributed by atoms with Gasteiger partial charge in [0.25, 0.3) is 0 Å². The molecule has 4 rings (SSSR count). The molecule has 0 radical (unpaired) electrons. The summed E-state index contributed by atoms with van der Waals surface area (Å²) in [6.45, 7) is 13.8. The number of anilines is 2. The molecule has 3 fully saturated rings. The first-order chi connectivity index (χ1) is 15.1. The van der Waals surface area contributed by atoms with Crippen molar-refractivity contribution in [2.75, 3.05) is 62.7 Å². The maximum absolute atomic E-state index is 12.3. The van der Waals surface area contributed by atoms with Crippen LogP contribution in [0.15, 0.2) is 6.07 Å². The number of aromatic nitrogens is 2. The molecule has 0 unspecified atom stereocenters. The molecular weight excluding hydrogens is 406 g/mol. The van der Waals surface area contributed by atoms with Crippen molar-refractivity contribution in [3.8, 4) is 6.07 Å². The van der Waals surface area contributed by atoms with E-state index in [1.807, 2.05) is 20.8 Å². The van der Waals surface area contributed by atoms with Gasteiger partial charge in [-0.3, -0.25) is 0 Å². The Morgan fingerprint density at radius 1 is 1.22 bits per heavy atom. The quantitative estimate of drug-likeness (QED) is 0.691. The first-order valence-electron chi connectivity index (χ1n) is 11.5. The van der Waals surface area contributed by atoms with E-state index in [9.17, 15) is 10.1 Å². The van der Waals surface area contributed by atoms with Crippen molar-refractivity contribution in [2.45, 2.75) is 52.2 Å². The zero-order chi connectivity index (χ0) is 23.1. The Kier molecular flexibility index (Phi) is 5.93. The van der Waals surface area contributed by atoms with Crippen molar-refractivity contribution in [2.24, 2.45) is 5.41 Å². The zero-order valence-corrected chi connectivity index (χ0v) is 20.0. The lowest BCUT2D eigenvalue weighted by molar-refractivity contribution is -0.0266. The van der Waals surface area contributed by atoms with Crippen molar-refractivity contribution < 1.29 is 9.53 Å². The molecule has 0 saturated carbocycles. The fraction of sp³-hybridized carbons (Fsp3) is 0.739. The van der Waals surface area contributed by atoms with Crippen LogP contribution in [0, 0.1) is 16.7 Å². The molecule has 4 heterocycles. The summed E-state index contributed by atoms with van der Waals surface area (Å²) in [5.41, 5.74) is -0.000922. The maximum atomic E-state index is 12.3. The number of amides is 1. The summed E-state index contributed by atoms with van der Waals surface area (Å²) in [5, 5.41) is 9.60. The highest BCUT2D eigenvalue weighted by Gasteiger charge is 2.50. The number of rotatable bonds is 2. The molecule has 1 spiro atoms. The first-order valence-corrected chi connectivity index (χ1v) is 11.5. The van der Waals surface area contributed by atoms with Crippen LogP contribution in [0.5, 0.6) is 0 Å². The molecule has 9 heteroatoms. The van der Waals surface area contributed by atoms with Crippen molar-refractivity contribution in [1.82, 2.24) is 19.8 Å². The van der Waals surface area contributed by atoms with Gasteiger partial charge in [-0.15, -0.1) is 0 Å². The fourth-order valence-electron chi connectivity index (χ4n) is 5.05. The van der Waals surface area contributed by atoms with E-state index in [-0.39, 0.29) is 17.6 Å². The van der Waals surface area contributed by atoms with E-state index in [4.69, 9.17) is 9.72 Å². The van der Waals surface area contributed by atoms with Gasteiger partial charge in [0.2, 0.25) is 5.95 Å². The average Bonchev–Trinajstić information content (AvgIpc) is 3.06. The number of nitrogens with zero attached hydrogens (tertiary/aromatic N) is 7. The van der Waals surface area contributed by atoms with Gasteiger partial charge < -0.3 is 24.3 Å². The highest BCUT2D eigenvalue weighted by molar-refractivity contribution is 5.69. The Hall–Kier alpha value is -2.60. The number of nitriles is 1. The standard InChI is InChI=1S/C23H35N7O2/c1-17-13-27(5)8-6-9-30(17)20-25-18(12-24)11-19(26-20)28-10-7-23(14-28)15-29(16-23)21(31)32-22(2,3)4/h11,17H,6-10,13-16H2,1-5H3/t17-/m0/s1. The summed E-state index contributed by atoms with van der Waals surface area (Å²) in [6.07, 6.45) is 1.81. The molecular formula is C23H35N7O2. The maximum Gasteiger partial charge on any atom is 0.410 e. The predicted molar refractivity (Wildman–Crippen MR) is 123 cm³/mol. The molecule has 1 atom stereocenters.